The molecule has 2 aromatic carbocycles. The number of methoxy groups -OCH3 is 1. The maximum absolute atomic E-state index is 6.50. The molecule has 3 saturated carbocycles. The first-order valence-corrected chi connectivity index (χ1v) is 13.5. The van der Waals surface area contributed by atoms with Crippen LogP contribution in [0.3, 0.4) is 0 Å². The van der Waals surface area contributed by atoms with E-state index in [1.807, 2.05) is 0 Å². The molecular weight excluding hydrogens is 416 g/mol. The van der Waals surface area contributed by atoms with Gasteiger partial charge in [0.25, 0.3) is 0 Å². The zero-order valence-corrected chi connectivity index (χ0v) is 21.3. The van der Waals surface area contributed by atoms with Gasteiger partial charge in [0.2, 0.25) is 0 Å². The second-order valence-corrected chi connectivity index (χ2v) is 12.0. The van der Waals surface area contributed by atoms with E-state index in [2.05, 4.69) is 75.4 Å². The van der Waals surface area contributed by atoms with Gasteiger partial charge in [-0.15, -0.1) is 0 Å². The van der Waals surface area contributed by atoms with Gasteiger partial charge in [0, 0.05) is 5.56 Å². The first kappa shape index (κ1) is 22.3. The molecule has 2 nitrogen and oxygen atoms in total. The molecule has 180 valence electrons. The van der Waals surface area contributed by atoms with Gasteiger partial charge in [-0.2, -0.15) is 0 Å². The summed E-state index contributed by atoms with van der Waals surface area (Å²) in [5.41, 5.74) is 4.63. The lowest BCUT2D eigenvalue weighted by molar-refractivity contribution is 0.117. The Morgan fingerprint density at radius 2 is 1.79 bits per heavy atom. The summed E-state index contributed by atoms with van der Waals surface area (Å²) in [5, 5.41) is 0. The molecular formula is C32H40O2. The first-order chi connectivity index (χ1) is 16.5. The van der Waals surface area contributed by atoms with Crippen molar-refractivity contribution in [3.8, 4) is 11.5 Å². The highest BCUT2D eigenvalue weighted by atomic mass is 16.5. The summed E-state index contributed by atoms with van der Waals surface area (Å²) in [7, 11) is 1.78. The molecule has 6 rings (SSSR count). The van der Waals surface area contributed by atoms with Gasteiger partial charge in [-0.25, -0.2) is 0 Å². The molecule has 3 fully saturated rings. The third kappa shape index (κ3) is 3.51. The van der Waals surface area contributed by atoms with Crippen molar-refractivity contribution in [2.75, 3.05) is 13.7 Å². The van der Waals surface area contributed by atoms with E-state index >= 15 is 0 Å². The van der Waals surface area contributed by atoms with Crippen LogP contribution in [-0.2, 0) is 6.42 Å². The van der Waals surface area contributed by atoms with Gasteiger partial charge in [-0.05, 0) is 97.1 Å². The molecule has 2 aromatic rings. The summed E-state index contributed by atoms with van der Waals surface area (Å²) in [6.07, 6.45) is 9.12. The molecule has 4 aliphatic rings. The van der Waals surface area contributed by atoms with Gasteiger partial charge in [0.15, 0.2) is 0 Å². The highest BCUT2D eigenvalue weighted by molar-refractivity contribution is 5.60. The molecule has 34 heavy (non-hydrogen) atoms. The number of fused-ring (bicyclic) bond motifs is 4. The van der Waals surface area contributed by atoms with E-state index in [1.165, 1.54) is 43.2 Å². The van der Waals surface area contributed by atoms with Crippen LogP contribution in [0.25, 0.3) is 6.08 Å². The molecule has 0 radical (unpaired) electrons. The first-order valence-electron chi connectivity index (χ1n) is 13.5. The van der Waals surface area contributed by atoms with Crippen LogP contribution >= 0.6 is 0 Å². The monoisotopic (exact) mass is 456 g/mol. The Balaban J connectivity index is 1.37. The maximum Gasteiger partial charge on any atom is 0.126 e. The van der Waals surface area contributed by atoms with Crippen molar-refractivity contribution in [1.29, 1.82) is 0 Å². The Hall–Kier alpha value is -2.22. The molecule has 8 atom stereocenters. The van der Waals surface area contributed by atoms with Gasteiger partial charge >= 0.3 is 0 Å². The minimum atomic E-state index is 0.437. The summed E-state index contributed by atoms with van der Waals surface area (Å²) in [4.78, 5) is 0. The van der Waals surface area contributed by atoms with Crippen LogP contribution in [0.5, 0.6) is 11.5 Å². The highest BCUT2D eigenvalue weighted by Crippen LogP contribution is 2.73. The van der Waals surface area contributed by atoms with Crippen LogP contribution in [-0.4, -0.2) is 13.7 Å². The molecule has 8 unspecified atom stereocenters. The number of benzene rings is 2. The molecule has 2 heteroatoms. The molecule has 3 aliphatic carbocycles. The predicted molar refractivity (Wildman–Crippen MR) is 139 cm³/mol. The summed E-state index contributed by atoms with van der Waals surface area (Å²) in [6, 6.07) is 17.3. The Morgan fingerprint density at radius 3 is 2.65 bits per heavy atom. The molecule has 0 bridgehead atoms. The van der Waals surface area contributed by atoms with Crippen molar-refractivity contribution in [2.24, 2.45) is 46.8 Å². The number of para-hydroxylation sites is 2. The molecule has 0 saturated heterocycles. The van der Waals surface area contributed by atoms with Crippen molar-refractivity contribution in [3.63, 3.8) is 0 Å². The van der Waals surface area contributed by atoms with Crippen molar-refractivity contribution in [1.82, 2.24) is 0 Å². The fraction of sp³-hybridized carbons (Fsp3) is 0.562. The fourth-order valence-electron chi connectivity index (χ4n) is 9.05. The van der Waals surface area contributed by atoms with Gasteiger partial charge in [0.05, 0.1) is 13.7 Å². The van der Waals surface area contributed by atoms with Gasteiger partial charge in [0.1, 0.15) is 11.5 Å². The largest absolute Gasteiger partial charge is 0.496 e. The summed E-state index contributed by atoms with van der Waals surface area (Å²) in [6.45, 7) is 8.44. The highest BCUT2D eigenvalue weighted by Gasteiger charge is 2.68. The van der Waals surface area contributed by atoms with Crippen molar-refractivity contribution in [3.05, 3.63) is 65.2 Å². The SMILES string of the molecule is COc1ccccc1C=C(C)C1C(C)CC2COc3ccccc3CC3(C)C2C3C2CCCC21. The number of hydrogen-bond donors (Lipinski definition) is 0. The van der Waals surface area contributed by atoms with Crippen molar-refractivity contribution >= 4 is 6.08 Å². The predicted octanol–water partition coefficient (Wildman–Crippen LogP) is 7.67. The smallest absolute Gasteiger partial charge is 0.126 e. The number of rotatable bonds is 3. The normalized spacial score (nSPS) is 38.7. The Bertz CT molecular complexity index is 1090. The second-order valence-electron chi connectivity index (χ2n) is 12.0. The zero-order chi connectivity index (χ0) is 23.4. The van der Waals surface area contributed by atoms with Crippen LogP contribution < -0.4 is 9.47 Å². The van der Waals surface area contributed by atoms with E-state index < -0.39 is 0 Å². The fourth-order valence-corrected chi connectivity index (χ4v) is 9.05. The Kier molecular flexibility index (Phi) is 5.54. The van der Waals surface area contributed by atoms with E-state index in [0.29, 0.717) is 23.2 Å². The number of ether oxygens (including phenoxy) is 2. The Morgan fingerprint density at radius 1 is 1.03 bits per heavy atom. The molecule has 0 amide bonds. The summed E-state index contributed by atoms with van der Waals surface area (Å²) < 4.78 is 12.2. The molecule has 0 aromatic heterocycles. The second kappa shape index (κ2) is 8.47. The van der Waals surface area contributed by atoms with E-state index in [1.54, 1.807) is 12.7 Å². The van der Waals surface area contributed by atoms with Crippen LogP contribution in [0.1, 0.15) is 57.6 Å². The van der Waals surface area contributed by atoms with E-state index in [0.717, 1.165) is 41.8 Å². The van der Waals surface area contributed by atoms with Crippen molar-refractivity contribution in [2.45, 2.75) is 52.9 Å². The quantitative estimate of drug-likeness (QED) is 0.472. The average molecular weight is 457 g/mol. The maximum atomic E-state index is 6.50. The lowest BCUT2D eigenvalue weighted by Gasteiger charge is -2.39. The molecule has 1 aliphatic heterocycles. The molecule has 0 spiro atoms. The standard InChI is InChI=1S/C32H40O2/c1-20(16-22-10-5-7-14-27(22)33-4)29-21(2)17-24-19-34-28-15-8-6-11-23(28)18-32(3)30(24)31(32)26-13-9-12-25(26)29/h5-8,10-11,14-16,21,24-26,29-31H,9,12-13,17-19H2,1-4H3. The van der Waals surface area contributed by atoms with Crippen LogP contribution in [0, 0.1) is 46.8 Å². The van der Waals surface area contributed by atoms with Gasteiger partial charge in [-0.1, -0.05) is 68.3 Å². The van der Waals surface area contributed by atoms with E-state index in [-0.39, 0.29) is 0 Å². The average Bonchev–Trinajstić information content (AvgIpc) is 3.13. The number of hydrogen-bond acceptors (Lipinski definition) is 2. The zero-order valence-electron chi connectivity index (χ0n) is 21.3. The molecule has 1 heterocycles. The van der Waals surface area contributed by atoms with Gasteiger partial charge < -0.3 is 9.47 Å². The lowest BCUT2D eigenvalue weighted by Crippen LogP contribution is -2.33. The minimum absolute atomic E-state index is 0.437. The lowest BCUT2D eigenvalue weighted by atomic mass is 9.67. The van der Waals surface area contributed by atoms with Crippen LogP contribution in [0.4, 0.5) is 0 Å². The van der Waals surface area contributed by atoms with E-state index in [4.69, 9.17) is 9.47 Å². The number of allylic oxidation sites excluding steroid dienone is 1. The topological polar surface area (TPSA) is 18.5 Å². The summed E-state index contributed by atoms with van der Waals surface area (Å²) >= 11 is 0. The minimum Gasteiger partial charge on any atom is -0.496 e. The third-order valence-corrected chi connectivity index (χ3v) is 10.2. The Labute approximate surface area is 205 Å². The van der Waals surface area contributed by atoms with Gasteiger partial charge in [-0.3, -0.25) is 0 Å². The van der Waals surface area contributed by atoms with E-state index in [9.17, 15) is 0 Å². The van der Waals surface area contributed by atoms with Crippen LogP contribution in [0.15, 0.2) is 54.1 Å². The van der Waals surface area contributed by atoms with Crippen LogP contribution in [0.2, 0.25) is 0 Å². The third-order valence-electron chi connectivity index (χ3n) is 10.2. The molecule has 0 N–H and O–H groups in total. The summed E-state index contributed by atoms with van der Waals surface area (Å²) in [5.74, 6) is 7.46. The van der Waals surface area contributed by atoms with Crippen molar-refractivity contribution < 1.29 is 9.47 Å².